The number of nitrogens with zero attached hydrogens (tertiary/aromatic N) is 1. The first kappa shape index (κ1) is 14.8. The third kappa shape index (κ3) is 2.77. The van der Waals surface area contributed by atoms with E-state index in [-0.39, 0.29) is 0 Å². The fraction of sp³-hybridized carbons (Fsp3) is 0.421. The molecule has 0 N–H and O–H groups in total. The van der Waals surface area contributed by atoms with Crippen molar-refractivity contribution in [2.75, 3.05) is 0 Å². The Morgan fingerprint density at radius 2 is 1.45 bits per heavy atom. The first-order valence-electron chi connectivity index (χ1n) is 7.47. The van der Waals surface area contributed by atoms with Crippen molar-refractivity contribution in [3.05, 3.63) is 52.8 Å². The molecule has 0 radical (unpaired) electrons. The number of hydrogen-bond donors (Lipinski definition) is 0. The molecule has 0 unspecified atom stereocenters. The molecule has 0 aliphatic carbocycles. The van der Waals surface area contributed by atoms with E-state index in [4.69, 9.17) is 0 Å². The highest BCUT2D eigenvalue weighted by Gasteiger charge is 2.14. The molecule has 0 fully saturated rings. The zero-order valence-corrected chi connectivity index (χ0v) is 13.5. The Bertz CT molecular complexity index is 580. The van der Waals surface area contributed by atoms with Gasteiger partial charge in [-0.25, -0.2) is 0 Å². The van der Waals surface area contributed by atoms with Crippen molar-refractivity contribution in [2.24, 2.45) is 0 Å². The molecule has 0 bridgehead atoms. The first-order chi connectivity index (χ1) is 9.41. The fourth-order valence-corrected chi connectivity index (χ4v) is 2.88. The maximum absolute atomic E-state index is 4.29. The summed E-state index contributed by atoms with van der Waals surface area (Å²) in [5, 5.41) is 0. The molecule has 0 saturated heterocycles. The zero-order chi connectivity index (χ0) is 14.9. The number of aromatic nitrogens is 1. The average molecular weight is 267 g/mol. The predicted molar refractivity (Wildman–Crippen MR) is 87.3 cm³/mol. The molecule has 2 aromatic rings. The van der Waals surface area contributed by atoms with Crippen LogP contribution in [0, 0.1) is 13.8 Å². The molecule has 2 rings (SSSR count). The van der Waals surface area contributed by atoms with Crippen LogP contribution in [0.4, 0.5) is 0 Å². The second-order valence-electron chi connectivity index (χ2n) is 6.28. The Morgan fingerprint density at radius 1 is 0.900 bits per heavy atom. The SMILES string of the molecule is Cc1ccncc1-c1cc(C(C)C)c(C)c(C(C)C)c1. The van der Waals surface area contributed by atoms with Gasteiger partial charge in [0.25, 0.3) is 0 Å². The third-order valence-corrected chi connectivity index (χ3v) is 4.08. The van der Waals surface area contributed by atoms with Gasteiger partial charge in [0.1, 0.15) is 0 Å². The lowest BCUT2D eigenvalue weighted by atomic mass is 9.86. The highest BCUT2D eigenvalue weighted by atomic mass is 14.6. The minimum Gasteiger partial charge on any atom is -0.264 e. The van der Waals surface area contributed by atoms with Crippen molar-refractivity contribution < 1.29 is 0 Å². The van der Waals surface area contributed by atoms with E-state index in [1.54, 1.807) is 0 Å². The van der Waals surface area contributed by atoms with Crippen molar-refractivity contribution in [2.45, 2.75) is 53.4 Å². The Morgan fingerprint density at radius 3 is 1.90 bits per heavy atom. The summed E-state index contributed by atoms with van der Waals surface area (Å²) in [6.07, 6.45) is 3.84. The summed E-state index contributed by atoms with van der Waals surface area (Å²) in [6, 6.07) is 6.77. The summed E-state index contributed by atoms with van der Waals surface area (Å²) in [7, 11) is 0. The Kier molecular flexibility index (Phi) is 4.27. The van der Waals surface area contributed by atoms with Crippen LogP contribution in [0.2, 0.25) is 0 Å². The van der Waals surface area contributed by atoms with Crippen LogP contribution < -0.4 is 0 Å². The highest BCUT2D eigenvalue weighted by molar-refractivity contribution is 5.69. The van der Waals surface area contributed by atoms with Gasteiger partial charge in [-0.05, 0) is 59.6 Å². The smallest absolute Gasteiger partial charge is 0.0349 e. The van der Waals surface area contributed by atoms with Gasteiger partial charge in [0.15, 0.2) is 0 Å². The van der Waals surface area contributed by atoms with Crippen LogP contribution in [0.25, 0.3) is 11.1 Å². The first-order valence-corrected chi connectivity index (χ1v) is 7.47. The van der Waals surface area contributed by atoms with Crippen LogP contribution in [0.1, 0.15) is 61.8 Å². The van der Waals surface area contributed by atoms with Crippen molar-refractivity contribution in [1.82, 2.24) is 4.98 Å². The maximum atomic E-state index is 4.29. The van der Waals surface area contributed by atoms with Gasteiger partial charge >= 0.3 is 0 Å². The van der Waals surface area contributed by atoms with Gasteiger partial charge in [0.2, 0.25) is 0 Å². The third-order valence-electron chi connectivity index (χ3n) is 4.08. The van der Waals surface area contributed by atoms with Crippen molar-refractivity contribution >= 4 is 0 Å². The molecule has 0 saturated carbocycles. The summed E-state index contributed by atoms with van der Waals surface area (Å²) < 4.78 is 0. The van der Waals surface area contributed by atoms with E-state index < -0.39 is 0 Å². The molecule has 106 valence electrons. The van der Waals surface area contributed by atoms with E-state index in [2.05, 4.69) is 64.7 Å². The lowest BCUT2D eigenvalue weighted by Gasteiger charge is -2.19. The van der Waals surface area contributed by atoms with Gasteiger partial charge in [-0.15, -0.1) is 0 Å². The van der Waals surface area contributed by atoms with E-state index >= 15 is 0 Å². The van der Waals surface area contributed by atoms with Crippen molar-refractivity contribution in [3.8, 4) is 11.1 Å². The van der Waals surface area contributed by atoms with Crippen LogP contribution in [0.5, 0.6) is 0 Å². The number of pyridine rings is 1. The van der Waals surface area contributed by atoms with Gasteiger partial charge in [0, 0.05) is 18.0 Å². The zero-order valence-electron chi connectivity index (χ0n) is 13.5. The van der Waals surface area contributed by atoms with Crippen LogP contribution in [0.15, 0.2) is 30.6 Å². The maximum Gasteiger partial charge on any atom is 0.0349 e. The molecular formula is C19H25N. The predicted octanol–water partition coefficient (Wildman–Crippen LogP) is 5.61. The standard InChI is InChI=1S/C19H25N/c1-12(2)17-9-16(10-18(13(3)4)15(17)6)19-11-20-8-7-14(19)5/h7-13H,1-6H3. The topological polar surface area (TPSA) is 12.9 Å². The largest absolute Gasteiger partial charge is 0.264 e. The number of aryl methyl sites for hydroxylation is 1. The molecule has 0 spiro atoms. The molecule has 0 amide bonds. The van der Waals surface area contributed by atoms with Gasteiger partial charge in [-0.1, -0.05) is 39.8 Å². The molecule has 0 atom stereocenters. The monoisotopic (exact) mass is 267 g/mol. The quantitative estimate of drug-likeness (QED) is 0.704. The van der Waals surface area contributed by atoms with Crippen LogP contribution in [0.3, 0.4) is 0 Å². The average Bonchev–Trinajstić information content (AvgIpc) is 2.39. The second kappa shape index (κ2) is 5.78. The van der Waals surface area contributed by atoms with Gasteiger partial charge in [0.05, 0.1) is 0 Å². The molecule has 1 aromatic carbocycles. The minimum absolute atomic E-state index is 0.546. The molecule has 20 heavy (non-hydrogen) atoms. The van der Waals surface area contributed by atoms with Crippen LogP contribution in [-0.2, 0) is 0 Å². The summed E-state index contributed by atoms with van der Waals surface area (Å²) in [4.78, 5) is 4.29. The normalized spacial score (nSPS) is 11.4. The van der Waals surface area contributed by atoms with Gasteiger partial charge in [-0.3, -0.25) is 4.98 Å². The molecule has 0 aliphatic heterocycles. The molecule has 0 aliphatic rings. The second-order valence-corrected chi connectivity index (χ2v) is 6.28. The molecule has 1 heterocycles. The van der Waals surface area contributed by atoms with E-state index in [1.807, 2.05) is 12.4 Å². The van der Waals surface area contributed by atoms with E-state index in [0.717, 1.165) is 0 Å². The lowest BCUT2D eigenvalue weighted by molar-refractivity contribution is 0.818. The minimum atomic E-state index is 0.546. The summed E-state index contributed by atoms with van der Waals surface area (Å²) in [5.74, 6) is 1.09. The Balaban J connectivity index is 2.69. The number of benzene rings is 1. The molecule has 1 heteroatoms. The molecule has 1 nitrogen and oxygen atoms in total. The number of hydrogen-bond acceptors (Lipinski definition) is 1. The van der Waals surface area contributed by atoms with Gasteiger partial charge < -0.3 is 0 Å². The van der Waals surface area contributed by atoms with Crippen LogP contribution in [-0.4, -0.2) is 4.98 Å². The summed E-state index contributed by atoms with van der Waals surface area (Å²) in [5.41, 5.74) is 8.18. The lowest BCUT2D eigenvalue weighted by Crippen LogP contribution is -2.01. The van der Waals surface area contributed by atoms with Crippen molar-refractivity contribution in [1.29, 1.82) is 0 Å². The highest BCUT2D eigenvalue weighted by Crippen LogP contribution is 2.33. The molecular weight excluding hydrogens is 242 g/mol. The van der Waals surface area contributed by atoms with Crippen LogP contribution >= 0.6 is 0 Å². The van der Waals surface area contributed by atoms with E-state index in [1.165, 1.54) is 33.4 Å². The summed E-state index contributed by atoms with van der Waals surface area (Å²) >= 11 is 0. The Hall–Kier alpha value is -1.63. The number of rotatable bonds is 3. The van der Waals surface area contributed by atoms with Gasteiger partial charge in [-0.2, -0.15) is 0 Å². The molecule has 1 aromatic heterocycles. The van der Waals surface area contributed by atoms with E-state index in [9.17, 15) is 0 Å². The fourth-order valence-electron chi connectivity index (χ4n) is 2.88. The Labute approximate surface area is 123 Å². The summed E-state index contributed by atoms with van der Waals surface area (Å²) in [6.45, 7) is 13.5. The van der Waals surface area contributed by atoms with Crippen molar-refractivity contribution in [3.63, 3.8) is 0 Å². The van der Waals surface area contributed by atoms with E-state index in [0.29, 0.717) is 11.8 Å².